The molecule has 1 aromatic heterocycles. The van der Waals surface area contributed by atoms with Crippen molar-refractivity contribution in [2.24, 2.45) is 23.7 Å². The summed E-state index contributed by atoms with van der Waals surface area (Å²) in [6.45, 7) is 11.5. The number of fused-ring (bicyclic) bond motifs is 1. The second-order valence-corrected chi connectivity index (χ2v) is 10.6. The number of hydrogen-bond donors (Lipinski definition) is 2. The molecule has 6 heteroatoms. The first-order chi connectivity index (χ1) is 15.3. The fraction of sp³-hybridized carbons (Fsp3) is 0.615. The summed E-state index contributed by atoms with van der Waals surface area (Å²) in [6.07, 6.45) is 6.78. The van der Waals surface area contributed by atoms with E-state index in [4.69, 9.17) is 16.6 Å². The fourth-order valence-electron chi connectivity index (χ4n) is 5.57. The largest absolute Gasteiger partial charge is 0.343 e. The van der Waals surface area contributed by atoms with Crippen molar-refractivity contribution < 1.29 is 4.79 Å². The molecule has 1 aromatic carbocycles. The number of aromatic amines is 1. The van der Waals surface area contributed by atoms with E-state index in [0.717, 1.165) is 60.8 Å². The maximum Gasteiger partial charge on any atom is 0.219 e. The summed E-state index contributed by atoms with van der Waals surface area (Å²) >= 11 is 6.14. The number of likely N-dealkylation sites (tertiary alicyclic amines) is 1. The first-order valence-corrected chi connectivity index (χ1v) is 12.5. The van der Waals surface area contributed by atoms with Crippen molar-refractivity contribution in [2.45, 2.75) is 59.4 Å². The van der Waals surface area contributed by atoms with Gasteiger partial charge < -0.3 is 15.2 Å². The molecular formula is C26H37ClN4O. The van der Waals surface area contributed by atoms with Crippen LogP contribution in [0, 0.1) is 23.7 Å². The van der Waals surface area contributed by atoms with Crippen LogP contribution in [0.4, 0.5) is 0 Å². The Hall–Kier alpha value is -1.85. The van der Waals surface area contributed by atoms with E-state index in [1.807, 2.05) is 23.1 Å². The molecule has 1 saturated heterocycles. The zero-order chi connectivity index (χ0) is 22.8. The molecule has 2 aliphatic rings. The van der Waals surface area contributed by atoms with Gasteiger partial charge in [-0.15, -0.1) is 0 Å². The molecule has 0 saturated carbocycles. The summed E-state index contributed by atoms with van der Waals surface area (Å²) in [6, 6.07) is 6.36. The molecule has 0 bridgehead atoms. The van der Waals surface area contributed by atoms with E-state index in [-0.39, 0.29) is 5.91 Å². The van der Waals surface area contributed by atoms with Gasteiger partial charge in [0.05, 0.1) is 11.0 Å². The summed E-state index contributed by atoms with van der Waals surface area (Å²) in [5, 5.41) is 4.57. The highest BCUT2D eigenvalue weighted by Crippen LogP contribution is 2.38. The average Bonchev–Trinajstić information content (AvgIpc) is 3.15. The van der Waals surface area contributed by atoms with Crippen LogP contribution >= 0.6 is 11.6 Å². The smallest absolute Gasteiger partial charge is 0.219 e. The quantitative estimate of drug-likeness (QED) is 0.586. The van der Waals surface area contributed by atoms with Gasteiger partial charge in [-0.1, -0.05) is 37.1 Å². The van der Waals surface area contributed by atoms with Crippen molar-refractivity contribution in [2.75, 3.05) is 19.6 Å². The van der Waals surface area contributed by atoms with Crippen LogP contribution in [0.1, 0.15) is 52.8 Å². The molecule has 5 nitrogen and oxygen atoms in total. The minimum absolute atomic E-state index is 0.202. The number of nitrogens with one attached hydrogen (secondary N) is 2. The summed E-state index contributed by atoms with van der Waals surface area (Å²) in [5.41, 5.74) is 3.49. The molecule has 1 aliphatic carbocycles. The number of nitrogens with zero attached hydrogens (tertiary/aromatic N) is 2. The predicted octanol–water partition coefficient (Wildman–Crippen LogP) is 5.21. The number of rotatable bonds is 6. The first-order valence-electron chi connectivity index (χ1n) is 12.1. The lowest BCUT2D eigenvalue weighted by Crippen LogP contribution is -2.46. The van der Waals surface area contributed by atoms with Crippen molar-refractivity contribution in [3.8, 4) is 0 Å². The van der Waals surface area contributed by atoms with Crippen molar-refractivity contribution in [1.29, 1.82) is 0 Å². The summed E-state index contributed by atoms with van der Waals surface area (Å²) in [7, 11) is 0. The maximum absolute atomic E-state index is 11.6. The Morgan fingerprint density at radius 3 is 2.75 bits per heavy atom. The third-order valence-corrected chi connectivity index (χ3v) is 7.83. The van der Waals surface area contributed by atoms with Gasteiger partial charge >= 0.3 is 0 Å². The van der Waals surface area contributed by atoms with E-state index in [0.29, 0.717) is 29.7 Å². The topological polar surface area (TPSA) is 61.0 Å². The molecule has 2 heterocycles. The molecule has 1 amide bonds. The normalized spacial score (nSPS) is 24.9. The zero-order valence-corrected chi connectivity index (χ0v) is 20.6. The van der Waals surface area contributed by atoms with Gasteiger partial charge in [-0.2, -0.15) is 0 Å². The Morgan fingerprint density at radius 2 is 2.06 bits per heavy atom. The standard InChI is InChI=1S/C26H37ClN4O/c1-16(2)23-12-19(13-26-29-24-6-5-21(27)14-25(24)30-26)17(3)11-20(23)15-28-22-7-9-31(10-8-22)18(4)32/h5-6,11,14,16,19-20,22-23,28H,7-10,12-13,15H2,1-4H3,(H,29,30)/t19-,20-,23-/m0/s1. The van der Waals surface area contributed by atoms with Crippen LogP contribution in [0.3, 0.4) is 0 Å². The molecule has 0 radical (unpaired) electrons. The maximum atomic E-state index is 11.6. The van der Waals surface area contributed by atoms with Crippen LogP contribution in [0.2, 0.25) is 5.02 Å². The second-order valence-electron chi connectivity index (χ2n) is 10.2. The molecule has 1 fully saturated rings. The van der Waals surface area contributed by atoms with E-state index in [9.17, 15) is 4.79 Å². The van der Waals surface area contributed by atoms with Crippen molar-refractivity contribution in [3.05, 3.63) is 40.7 Å². The Balaban J connectivity index is 1.39. The van der Waals surface area contributed by atoms with Gasteiger partial charge in [0.15, 0.2) is 0 Å². The Labute approximate surface area is 197 Å². The number of benzene rings is 1. The van der Waals surface area contributed by atoms with E-state index < -0.39 is 0 Å². The first kappa shape index (κ1) is 23.3. The highest BCUT2D eigenvalue weighted by Gasteiger charge is 2.32. The fourth-order valence-corrected chi connectivity index (χ4v) is 5.75. The average molecular weight is 457 g/mol. The van der Waals surface area contributed by atoms with Crippen LogP contribution in [0.15, 0.2) is 29.8 Å². The van der Waals surface area contributed by atoms with Gasteiger partial charge in [-0.25, -0.2) is 4.98 Å². The number of carbonyl (C=O) groups excluding carboxylic acids is 1. The number of imidazole rings is 1. The number of H-pyrrole nitrogens is 1. The van der Waals surface area contributed by atoms with E-state index >= 15 is 0 Å². The van der Waals surface area contributed by atoms with Crippen molar-refractivity contribution in [1.82, 2.24) is 20.2 Å². The highest BCUT2D eigenvalue weighted by atomic mass is 35.5. The molecule has 0 unspecified atom stereocenters. The van der Waals surface area contributed by atoms with Gasteiger partial charge in [0, 0.05) is 44.0 Å². The molecule has 2 aromatic rings. The molecule has 32 heavy (non-hydrogen) atoms. The van der Waals surface area contributed by atoms with Crippen molar-refractivity contribution in [3.63, 3.8) is 0 Å². The number of aromatic nitrogens is 2. The van der Waals surface area contributed by atoms with Crippen LogP contribution in [0.25, 0.3) is 11.0 Å². The molecule has 0 spiro atoms. The summed E-state index contributed by atoms with van der Waals surface area (Å²) in [5.74, 6) is 3.64. The van der Waals surface area contributed by atoms with Gasteiger partial charge in [0.2, 0.25) is 5.91 Å². The Morgan fingerprint density at radius 1 is 1.31 bits per heavy atom. The Kier molecular flexibility index (Phi) is 7.26. The zero-order valence-electron chi connectivity index (χ0n) is 19.8. The van der Waals surface area contributed by atoms with Crippen LogP contribution < -0.4 is 5.32 Å². The molecule has 2 N–H and O–H groups in total. The monoisotopic (exact) mass is 456 g/mol. The predicted molar refractivity (Wildman–Crippen MR) is 132 cm³/mol. The summed E-state index contributed by atoms with van der Waals surface area (Å²) in [4.78, 5) is 21.8. The lowest BCUT2D eigenvalue weighted by molar-refractivity contribution is -0.129. The third kappa shape index (κ3) is 5.37. The summed E-state index contributed by atoms with van der Waals surface area (Å²) < 4.78 is 0. The highest BCUT2D eigenvalue weighted by molar-refractivity contribution is 6.31. The van der Waals surface area contributed by atoms with E-state index in [1.54, 1.807) is 6.92 Å². The van der Waals surface area contributed by atoms with Gasteiger partial charge in [-0.3, -0.25) is 4.79 Å². The minimum Gasteiger partial charge on any atom is -0.343 e. The molecule has 174 valence electrons. The number of piperidine rings is 1. The minimum atomic E-state index is 0.202. The van der Waals surface area contributed by atoms with Crippen LogP contribution in [0.5, 0.6) is 0 Å². The number of allylic oxidation sites excluding steroid dienone is 1. The molecule has 3 atom stereocenters. The second kappa shape index (κ2) is 9.96. The van der Waals surface area contributed by atoms with E-state index in [1.165, 1.54) is 12.0 Å². The lowest BCUT2D eigenvalue weighted by atomic mass is 9.69. The molecular weight excluding hydrogens is 420 g/mol. The van der Waals surface area contributed by atoms with Gasteiger partial charge in [0.25, 0.3) is 0 Å². The van der Waals surface area contributed by atoms with Gasteiger partial charge in [0.1, 0.15) is 5.82 Å². The SMILES string of the molecule is CC(=O)N1CCC(NC[C@@H]2C=C(C)[C@H](Cc3nc4ccc(Cl)cc4[nH]3)C[C@H]2C(C)C)CC1. The number of hydrogen-bond acceptors (Lipinski definition) is 3. The van der Waals surface area contributed by atoms with E-state index in [2.05, 4.69) is 37.1 Å². The number of halogens is 1. The number of amides is 1. The Bertz CT molecular complexity index is 973. The number of carbonyl (C=O) groups is 1. The molecule has 4 rings (SSSR count). The van der Waals surface area contributed by atoms with Crippen LogP contribution in [-0.2, 0) is 11.2 Å². The lowest BCUT2D eigenvalue weighted by Gasteiger charge is -2.39. The third-order valence-electron chi connectivity index (χ3n) is 7.60. The molecule has 1 aliphatic heterocycles. The van der Waals surface area contributed by atoms with Gasteiger partial charge in [-0.05, 0) is 68.1 Å². The van der Waals surface area contributed by atoms with Crippen molar-refractivity contribution >= 4 is 28.5 Å². The van der Waals surface area contributed by atoms with Crippen LogP contribution in [-0.4, -0.2) is 46.5 Å².